The zero-order valence-corrected chi connectivity index (χ0v) is 18.0. The summed E-state index contributed by atoms with van der Waals surface area (Å²) < 4.78 is 27.3. The minimum Gasteiger partial charge on any atom is -0.335 e. The first kappa shape index (κ1) is 20.4. The standard InChI is InChI=1S/C22H25ClN2O3S/c1-24(21-10-6-8-16-7-2-3-9-18(16)21)22(26)19-15-17(11-12-20(19)23)29(27,28)25-13-4-5-14-25/h2-3,7,9,11-12,15,21H,4-6,8,10,13-14H2,1H3. The average Bonchev–Trinajstić information content (AvgIpc) is 3.28. The van der Waals surface area contributed by atoms with Gasteiger partial charge in [-0.2, -0.15) is 4.31 Å². The van der Waals surface area contributed by atoms with Crippen LogP contribution in [0.1, 0.15) is 53.2 Å². The maximum absolute atomic E-state index is 13.3. The maximum Gasteiger partial charge on any atom is 0.255 e. The fourth-order valence-corrected chi connectivity index (χ4v) is 6.11. The van der Waals surface area contributed by atoms with E-state index in [1.807, 2.05) is 12.1 Å². The Morgan fingerprint density at radius 2 is 1.83 bits per heavy atom. The van der Waals surface area contributed by atoms with Crippen LogP contribution in [0.3, 0.4) is 0 Å². The van der Waals surface area contributed by atoms with Gasteiger partial charge < -0.3 is 4.90 Å². The molecule has 1 amide bonds. The lowest BCUT2D eigenvalue weighted by Gasteiger charge is -2.33. The summed E-state index contributed by atoms with van der Waals surface area (Å²) in [5.41, 5.74) is 2.66. The van der Waals surface area contributed by atoms with Gasteiger partial charge in [0.15, 0.2) is 0 Å². The third-order valence-corrected chi connectivity index (χ3v) is 8.22. The molecular weight excluding hydrogens is 408 g/mol. The molecule has 2 aromatic rings. The van der Waals surface area contributed by atoms with E-state index in [9.17, 15) is 13.2 Å². The molecule has 0 spiro atoms. The van der Waals surface area contributed by atoms with Gasteiger partial charge in [0.2, 0.25) is 10.0 Å². The van der Waals surface area contributed by atoms with Gasteiger partial charge in [0, 0.05) is 20.1 Å². The van der Waals surface area contributed by atoms with Crippen molar-refractivity contribution in [3.8, 4) is 0 Å². The summed E-state index contributed by atoms with van der Waals surface area (Å²) in [5, 5.41) is 0.270. The molecule has 0 aromatic heterocycles. The van der Waals surface area contributed by atoms with Crippen molar-refractivity contribution in [2.24, 2.45) is 0 Å². The molecule has 2 aliphatic rings. The van der Waals surface area contributed by atoms with Crippen molar-refractivity contribution < 1.29 is 13.2 Å². The highest BCUT2D eigenvalue weighted by Crippen LogP contribution is 2.35. The molecule has 4 rings (SSSR count). The van der Waals surface area contributed by atoms with Crippen molar-refractivity contribution in [3.05, 3.63) is 64.2 Å². The lowest BCUT2D eigenvalue weighted by atomic mass is 9.87. The molecule has 7 heteroatoms. The minimum absolute atomic E-state index is 0.0395. The van der Waals surface area contributed by atoms with Gasteiger partial charge in [-0.3, -0.25) is 4.79 Å². The van der Waals surface area contributed by atoms with E-state index >= 15 is 0 Å². The van der Waals surface area contributed by atoms with Gasteiger partial charge in [-0.05, 0) is 61.4 Å². The molecule has 2 aromatic carbocycles. The third-order valence-electron chi connectivity index (χ3n) is 6.00. The van der Waals surface area contributed by atoms with Crippen LogP contribution >= 0.6 is 11.6 Å². The molecule has 1 aliphatic heterocycles. The van der Waals surface area contributed by atoms with Gasteiger partial charge in [0.25, 0.3) is 5.91 Å². The first-order valence-corrected chi connectivity index (χ1v) is 11.9. The van der Waals surface area contributed by atoms with Crippen LogP contribution in [0.4, 0.5) is 0 Å². The highest BCUT2D eigenvalue weighted by molar-refractivity contribution is 7.89. The number of benzene rings is 2. The summed E-state index contributed by atoms with van der Waals surface area (Å²) in [4.78, 5) is 15.1. The van der Waals surface area contributed by atoms with E-state index in [1.54, 1.807) is 11.9 Å². The van der Waals surface area contributed by atoms with Crippen molar-refractivity contribution in [2.75, 3.05) is 20.1 Å². The Morgan fingerprint density at radius 3 is 2.59 bits per heavy atom. The summed E-state index contributed by atoms with van der Waals surface area (Å²) in [7, 11) is -1.84. The summed E-state index contributed by atoms with van der Waals surface area (Å²) in [6.45, 7) is 1.04. The Kier molecular flexibility index (Phi) is 5.69. The number of rotatable bonds is 4. The molecule has 5 nitrogen and oxygen atoms in total. The van der Waals surface area contributed by atoms with E-state index < -0.39 is 10.0 Å². The van der Waals surface area contributed by atoms with E-state index in [0.717, 1.165) is 37.7 Å². The number of aryl methyl sites for hydroxylation is 1. The first-order valence-electron chi connectivity index (χ1n) is 10.0. The molecule has 154 valence electrons. The third kappa shape index (κ3) is 3.81. The number of nitrogens with zero attached hydrogens (tertiary/aromatic N) is 2. The molecule has 1 fully saturated rings. The van der Waals surface area contributed by atoms with Gasteiger partial charge in [-0.15, -0.1) is 0 Å². The Labute approximate surface area is 177 Å². The maximum atomic E-state index is 13.3. The normalized spacial score (nSPS) is 19.7. The van der Waals surface area contributed by atoms with Crippen molar-refractivity contribution in [2.45, 2.75) is 43.0 Å². The van der Waals surface area contributed by atoms with Crippen LogP contribution in [0.5, 0.6) is 0 Å². The number of halogens is 1. The molecule has 1 aliphatic carbocycles. The van der Waals surface area contributed by atoms with Crippen molar-refractivity contribution >= 4 is 27.5 Å². The Bertz CT molecular complexity index is 1030. The van der Waals surface area contributed by atoms with E-state index in [2.05, 4.69) is 12.1 Å². The van der Waals surface area contributed by atoms with E-state index in [4.69, 9.17) is 11.6 Å². The molecule has 29 heavy (non-hydrogen) atoms. The van der Waals surface area contributed by atoms with Crippen molar-refractivity contribution in [1.82, 2.24) is 9.21 Å². The molecule has 0 saturated carbocycles. The van der Waals surface area contributed by atoms with Crippen LogP contribution in [0.2, 0.25) is 5.02 Å². The second-order valence-corrected chi connectivity index (χ2v) is 10.1. The molecule has 0 N–H and O–H groups in total. The second-order valence-electron chi connectivity index (χ2n) is 7.78. The summed E-state index contributed by atoms with van der Waals surface area (Å²) in [5.74, 6) is -0.254. The van der Waals surface area contributed by atoms with Crippen LogP contribution in [-0.2, 0) is 16.4 Å². The number of carbonyl (C=O) groups is 1. The van der Waals surface area contributed by atoms with Crippen LogP contribution in [0, 0.1) is 0 Å². The fourth-order valence-electron chi connectivity index (χ4n) is 4.37. The Morgan fingerprint density at radius 1 is 1.10 bits per heavy atom. The van der Waals surface area contributed by atoms with E-state index in [1.165, 1.54) is 28.1 Å². The lowest BCUT2D eigenvalue weighted by molar-refractivity contribution is 0.0715. The van der Waals surface area contributed by atoms with Gasteiger partial charge in [0.1, 0.15) is 0 Å². The number of carbonyl (C=O) groups excluding carboxylic acids is 1. The average molecular weight is 433 g/mol. The van der Waals surface area contributed by atoms with Crippen LogP contribution in [0.25, 0.3) is 0 Å². The van der Waals surface area contributed by atoms with E-state index in [0.29, 0.717) is 13.1 Å². The lowest BCUT2D eigenvalue weighted by Crippen LogP contribution is -2.34. The monoisotopic (exact) mass is 432 g/mol. The zero-order valence-electron chi connectivity index (χ0n) is 16.5. The SMILES string of the molecule is CN(C(=O)c1cc(S(=O)(=O)N2CCCC2)ccc1Cl)C1CCCc2ccccc21. The zero-order chi connectivity index (χ0) is 20.6. The number of amides is 1. The summed E-state index contributed by atoms with van der Waals surface area (Å²) in [6.07, 6.45) is 4.63. The number of hydrogen-bond donors (Lipinski definition) is 0. The predicted molar refractivity (Wildman–Crippen MR) is 114 cm³/mol. The van der Waals surface area contributed by atoms with Crippen LogP contribution in [-0.4, -0.2) is 43.7 Å². The van der Waals surface area contributed by atoms with Crippen molar-refractivity contribution in [3.63, 3.8) is 0 Å². The molecule has 0 radical (unpaired) electrons. The van der Waals surface area contributed by atoms with Gasteiger partial charge in [-0.25, -0.2) is 8.42 Å². The van der Waals surface area contributed by atoms with Crippen LogP contribution < -0.4 is 0 Å². The van der Waals surface area contributed by atoms with Crippen LogP contribution in [0.15, 0.2) is 47.4 Å². The molecule has 1 unspecified atom stereocenters. The van der Waals surface area contributed by atoms with E-state index in [-0.39, 0.29) is 27.4 Å². The molecule has 1 atom stereocenters. The molecule has 1 saturated heterocycles. The highest BCUT2D eigenvalue weighted by Gasteiger charge is 2.31. The minimum atomic E-state index is -3.61. The molecule has 1 heterocycles. The Hall–Kier alpha value is -1.89. The fraction of sp³-hybridized carbons (Fsp3) is 0.409. The topological polar surface area (TPSA) is 57.7 Å². The van der Waals surface area contributed by atoms with Gasteiger partial charge >= 0.3 is 0 Å². The Balaban J connectivity index is 1.65. The summed E-state index contributed by atoms with van der Waals surface area (Å²) >= 11 is 6.33. The summed E-state index contributed by atoms with van der Waals surface area (Å²) in [6, 6.07) is 12.6. The number of hydrogen-bond acceptors (Lipinski definition) is 3. The smallest absolute Gasteiger partial charge is 0.255 e. The molecular formula is C22H25ClN2O3S. The van der Waals surface area contributed by atoms with Gasteiger partial charge in [-0.1, -0.05) is 35.9 Å². The van der Waals surface area contributed by atoms with Crippen molar-refractivity contribution in [1.29, 1.82) is 0 Å². The largest absolute Gasteiger partial charge is 0.335 e. The highest BCUT2D eigenvalue weighted by atomic mass is 35.5. The number of sulfonamides is 1. The molecule has 0 bridgehead atoms. The quantitative estimate of drug-likeness (QED) is 0.724. The number of fused-ring (bicyclic) bond motifs is 1. The predicted octanol–water partition coefficient (Wildman–Crippen LogP) is 4.27. The second kappa shape index (κ2) is 8.09. The van der Waals surface area contributed by atoms with Gasteiger partial charge in [0.05, 0.1) is 21.5 Å². The first-order chi connectivity index (χ1) is 13.9.